The normalized spacial score (nSPS) is 29.2. The molecular weight excluding hydrogens is 176 g/mol. The van der Waals surface area contributed by atoms with Crippen LogP contribution < -0.4 is 5.32 Å². The zero-order valence-electron chi connectivity index (χ0n) is 7.08. The van der Waals surface area contributed by atoms with Gasteiger partial charge in [0.1, 0.15) is 0 Å². The lowest BCUT2D eigenvalue weighted by atomic mass is 10.3. The largest absolute Gasteiger partial charge is 0.316 e. The molecule has 1 N–H and O–H groups in total. The summed E-state index contributed by atoms with van der Waals surface area (Å²) in [5.41, 5.74) is 0. The fourth-order valence-electron chi connectivity index (χ4n) is 1.42. The van der Waals surface area contributed by atoms with Crippen LogP contribution in [-0.2, 0) is 0 Å². The van der Waals surface area contributed by atoms with Crippen molar-refractivity contribution in [2.45, 2.75) is 24.8 Å². The average molecular weight is 192 g/mol. The predicted octanol–water partition coefficient (Wildman–Crippen LogP) is 1.20. The first kappa shape index (κ1) is 9.71. The third-order valence-corrected chi connectivity index (χ3v) is 3.81. The van der Waals surface area contributed by atoms with Crippen LogP contribution in [0, 0.1) is 0 Å². The summed E-state index contributed by atoms with van der Waals surface area (Å²) >= 11 is 4.20. The van der Waals surface area contributed by atoms with Crippen molar-refractivity contribution in [1.82, 2.24) is 10.2 Å². The first-order valence-corrected chi connectivity index (χ1v) is 5.92. The molecule has 0 aromatic heterocycles. The molecule has 0 aliphatic carbocycles. The van der Waals surface area contributed by atoms with Crippen molar-refractivity contribution < 1.29 is 0 Å². The molecule has 0 spiro atoms. The summed E-state index contributed by atoms with van der Waals surface area (Å²) in [5.74, 6) is 0. The Morgan fingerprint density at radius 3 is 2.91 bits per heavy atom. The maximum atomic E-state index is 4.20. The van der Waals surface area contributed by atoms with Gasteiger partial charge in [-0.2, -0.15) is 0 Å². The topological polar surface area (TPSA) is 15.3 Å². The molecular formula is C7H16N2S2. The average Bonchev–Trinajstić information content (AvgIpc) is 2.50. The van der Waals surface area contributed by atoms with Gasteiger partial charge in [-0.15, -0.1) is 11.7 Å². The molecule has 1 saturated heterocycles. The molecule has 1 fully saturated rings. The van der Waals surface area contributed by atoms with Gasteiger partial charge >= 0.3 is 0 Å². The number of hydrogen-bond acceptors (Lipinski definition) is 4. The summed E-state index contributed by atoms with van der Waals surface area (Å²) in [6, 6.07) is 0.693. The minimum absolute atomic E-state index is 0.552. The van der Waals surface area contributed by atoms with Gasteiger partial charge in [-0.05, 0) is 20.4 Å². The molecule has 4 heteroatoms. The van der Waals surface area contributed by atoms with Crippen molar-refractivity contribution in [1.29, 1.82) is 0 Å². The minimum atomic E-state index is 0.552. The Labute approximate surface area is 77.9 Å². The monoisotopic (exact) mass is 192 g/mol. The number of likely N-dealkylation sites (tertiary alicyclic amines) is 1. The van der Waals surface area contributed by atoms with E-state index in [9.17, 15) is 0 Å². The molecule has 1 heterocycles. The standard InChI is InChI=1S/C7H16N2S2/c1-6(11-10)9-4-3-7(5-9)8-2/h6-8,10H,3-5H2,1-2H3/t6?,7-/m1/s1. The van der Waals surface area contributed by atoms with Crippen LogP contribution in [0.1, 0.15) is 13.3 Å². The Morgan fingerprint density at radius 2 is 2.45 bits per heavy atom. The maximum absolute atomic E-state index is 4.20. The fourth-order valence-corrected chi connectivity index (χ4v) is 2.14. The van der Waals surface area contributed by atoms with E-state index in [2.05, 4.69) is 28.8 Å². The summed E-state index contributed by atoms with van der Waals surface area (Å²) in [4.78, 5) is 2.46. The Bertz CT molecular complexity index is 121. The summed E-state index contributed by atoms with van der Waals surface area (Å²) in [6.07, 6.45) is 1.27. The van der Waals surface area contributed by atoms with E-state index >= 15 is 0 Å². The second-order valence-corrected chi connectivity index (χ2v) is 4.50. The molecule has 0 radical (unpaired) electrons. The molecule has 0 amide bonds. The molecule has 1 aliphatic heterocycles. The molecule has 0 aromatic rings. The summed E-state index contributed by atoms with van der Waals surface area (Å²) in [7, 11) is 3.66. The van der Waals surface area contributed by atoms with Crippen LogP contribution >= 0.6 is 22.5 Å². The minimum Gasteiger partial charge on any atom is -0.316 e. The van der Waals surface area contributed by atoms with Crippen molar-refractivity contribution in [2.75, 3.05) is 20.1 Å². The zero-order valence-corrected chi connectivity index (χ0v) is 8.79. The van der Waals surface area contributed by atoms with Crippen molar-refractivity contribution >= 4 is 22.5 Å². The second-order valence-electron chi connectivity index (χ2n) is 2.97. The summed E-state index contributed by atoms with van der Waals surface area (Å²) < 4.78 is 0. The summed E-state index contributed by atoms with van der Waals surface area (Å²) in [5, 5.41) is 3.85. The lowest BCUT2D eigenvalue weighted by Crippen LogP contribution is -2.32. The van der Waals surface area contributed by atoms with E-state index in [0.29, 0.717) is 11.4 Å². The number of rotatable bonds is 3. The number of nitrogens with zero attached hydrogens (tertiary/aromatic N) is 1. The second kappa shape index (κ2) is 4.60. The van der Waals surface area contributed by atoms with Gasteiger partial charge in [0.05, 0.1) is 5.37 Å². The van der Waals surface area contributed by atoms with Crippen molar-refractivity contribution in [3.8, 4) is 0 Å². The first-order valence-electron chi connectivity index (χ1n) is 3.99. The van der Waals surface area contributed by atoms with Crippen LogP contribution in [0.5, 0.6) is 0 Å². The van der Waals surface area contributed by atoms with E-state index in [1.807, 2.05) is 7.05 Å². The van der Waals surface area contributed by atoms with Crippen LogP contribution in [-0.4, -0.2) is 36.5 Å². The van der Waals surface area contributed by atoms with Crippen molar-refractivity contribution in [3.05, 3.63) is 0 Å². The molecule has 11 heavy (non-hydrogen) atoms. The van der Waals surface area contributed by atoms with Crippen LogP contribution in [0.3, 0.4) is 0 Å². The Morgan fingerprint density at radius 1 is 1.73 bits per heavy atom. The molecule has 1 unspecified atom stereocenters. The van der Waals surface area contributed by atoms with Crippen molar-refractivity contribution in [2.24, 2.45) is 0 Å². The SMILES string of the molecule is CN[C@@H]1CCN(C(C)SS)C1. The van der Waals surface area contributed by atoms with Gasteiger partial charge in [-0.3, -0.25) is 4.90 Å². The highest BCUT2D eigenvalue weighted by Gasteiger charge is 2.24. The molecule has 1 aliphatic rings. The third-order valence-electron chi connectivity index (χ3n) is 2.29. The van der Waals surface area contributed by atoms with E-state index in [1.165, 1.54) is 19.5 Å². The lowest BCUT2D eigenvalue weighted by molar-refractivity contribution is 0.324. The Hall–Kier alpha value is 0.620. The molecule has 2 nitrogen and oxygen atoms in total. The van der Waals surface area contributed by atoms with E-state index < -0.39 is 0 Å². The van der Waals surface area contributed by atoms with Gasteiger partial charge in [-0.25, -0.2) is 0 Å². The van der Waals surface area contributed by atoms with Crippen LogP contribution in [0.25, 0.3) is 0 Å². The van der Waals surface area contributed by atoms with E-state index in [1.54, 1.807) is 10.8 Å². The van der Waals surface area contributed by atoms with Gasteiger partial charge in [-0.1, -0.05) is 10.8 Å². The zero-order chi connectivity index (χ0) is 8.27. The Balaban J connectivity index is 2.29. The lowest BCUT2D eigenvalue weighted by Gasteiger charge is -2.21. The van der Waals surface area contributed by atoms with Crippen LogP contribution in [0.15, 0.2) is 0 Å². The highest BCUT2D eigenvalue weighted by Crippen LogP contribution is 2.22. The number of likely N-dealkylation sites (N-methyl/N-ethyl adjacent to an activating group) is 1. The van der Waals surface area contributed by atoms with E-state index in [-0.39, 0.29) is 0 Å². The predicted molar refractivity (Wildman–Crippen MR) is 55.1 cm³/mol. The Kier molecular flexibility index (Phi) is 4.06. The third kappa shape index (κ3) is 2.54. The van der Waals surface area contributed by atoms with Gasteiger partial charge in [0, 0.05) is 19.1 Å². The molecule has 0 bridgehead atoms. The van der Waals surface area contributed by atoms with E-state index in [0.717, 1.165) is 0 Å². The van der Waals surface area contributed by atoms with Crippen molar-refractivity contribution in [3.63, 3.8) is 0 Å². The number of thiol groups is 1. The van der Waals surface area contributed by atoms with Gasteiger partial charge in [0.2, 0.25) is 0 Å². The molecule has 1 rings (SSSR count). The van der Waals surface area contributed by atoms with Crippen LogP contribution in [0.4, 0.5) is 0 Å². The van der Waals surface area contributed by atoms with Gasteiger partial charge < -0.3 is 5.32 Å². The molecule has 0 saturated carbocycles. The smallest absolute Gasteiger partial charge is 0.0631 e. The number of hydrogen-bond donors (Lipinski definition) is 2. The maximum Gasteiger partial charge on any atom is 0.0631 e. The fraction of sp³-hybridized carbons (Fsp3) is 1.00. The quantitative estimate of drug-likeness (QED) is 0.516. The van der Waals surface area contributed by atoms with Gasteiger partial charge in [0.25, 0.3) is 0 Å². The first-order chi connectivity index (χ1) is 5.27. The number of nitrogens with one attached hydrogen (secondary N) is 1. The van der Waals surface area contributed by atoms with E-state index in [4.69, 9.17) is 0 Å². The summed E-state index contributed by atoms with van der Waals surface area (Å²) in [6.45, 7) is 4.58. The van der Waals surface area contributed by atoms with Gasteiger partial charge in [0.15, 0.2) is 0 Å². The highest BCUT2D eigenvalue weighted by molar-refractivity contribution is 8.68. The van der Waals surface area contributed by atoms with Crippen LogP contribution in [0.2, 0.25) is 0 Å². The molecule has 2 atom stereocenters. The molecule has 0 aromatic carbocycles. The molecule has 66 valence electrons. The highest BCUT2D eigenvalue weighted by atomic mass is 33.1.